The molecule has 3 aromatic carbocycles. The summed E-state index contributed by atoms with van der Waals surface area (Å²) in [4.78, 5) is 0. The van der Waals surface area contributed by atoms with Crippen LogP contribution in [0.25, 0.3) is 39.6 Å². The molecule has 2 heterocycles. The van der Waals surface area contributed by atoms with Crippen LogP contribution in [-0.2, 0) is 19.4 Å². The molecule has 0 atom stereocenters. The number of hydrogen-bond donors (Lipinski definition) is 0. The van der Waals surface area contributed by atoms with Crippen LogP contribution >= 0.6 is 0 Å². The maximum Gasteiger partial charge on any atom is 0.0537 e. The van der Waals surface area contributed by atoms with Crippen LogP contribution < -0.4 is 0 Å². The van der Waals surface area contributed by atoms with Gasteiger partial charge in [-0.3, -0.25) is 0 Å². The summed E-state index contributed by atoms with van der Waals surface area (Å²) in [5, 5.41) is 2.68. The number of aryl methyl sites for hydroxylation is 1. The smallest absolute Gasteiger partial charge is 0.0537 e. The molecule has 0 bridgehead atoms. The first kappa shape index (κ1) is 31.9. The second kappa shape index (κ2) is 15.4. The zero-order chi connectivity index (χ0) is 31.6. The Hall–Kier alpha value is -4.56. The van der Waals surface area contributed by atoms with Gasteiger partial charge >= 0.3 is 0 Å². The number of fused-ring (bicyclic) bond motifs is 4. The Bertz CT molecular complexity index is 1880. The van der Waals surface area contributed by atoms with Crippen LogP contribution in [0.2, 0.25) is 0 Å². The third-order valence-electron chi connectivity index (χ3n) is 8.64. The summed E-state index contributed by atoms with van der Waals surface area (Å²) in [5.41, 5.74) is 12.1. The lowest BCUT2D eigenvalue weighted by molar-refractivity contribution is 0.768. The Balaban J connectivity index is 0.00000196. The summed E-state index contributed by atoms with van der Waals surface area (Å²) < 4.78 is 4.90. The van der Waals surface area contributed by atoms with E-state index in [1.807, 2.05) is 13.8 Å². The van der Waals surface area contributed by atoms with E-state index in [4.69, 9.17) is 0 Å². The average Bonchev–Trinajstić information content (AvgIpc) is 3.56. The van der Waals surface area contributed by atoms with Crippen molar-refractivity contribution in [1.82, 2.24) is 9.13 Å². The highest BCUT2D eigenvalue weighted by atomic mass is 15.0. The third-order valence-corrected chi connectivity index (χ3v) is 8.64. The Kier molecular flexibility index (Phi) is 10.9. The highest BCUT2D eigenvalue weighted by molar-refractivity contribution is 5.92. The van der Waals surface area contributed by atoms with Gasteiger partial charge in [-0.15, -0.1) is 0 Å². The van der Waals surface area contributed by atoms with Crippen LogP contribution in [0.4, 0.5) is 0 Å². The second-order valence-corrected chi connectivity index (χ2v) is 11.5. The van der Waals surface area contributed by atoms with Crippen LogP contribution in [0.5, 0.6) is 0 Å². The van der Waals surface area contributed by atoms with Gasteiger partial charge < -0.3 is 9.13 Å². The van der Waals surface area contributed by atoms with E-state index < -0.39 is 0 Å². The molecule has 0 radical (unpaired) electrons. The molecule has 0 unspecified atom stereocenters. The van der Waals surface area contributed by atoms with E-state index in [-0.39, 0.29) is 0 Å². The lowest BCUT2D eigenvalue weighted by atomic mass is 10.0. The predicted octanol–water partition coefficient (Wildman–Crippen LogP) is 12.0. The number of rotatable bonds is 10. The molecule has 2 heteroatoms. The van der Waals surface area contributed by atoms with Crippen LogP contribution in [0.1, 0.15) is 75.0 Å². The number of benzene rings is 3. The number of nitrogens with zero attached hydrogens (tertiary/aromatic N) is 2. The molecule has 2 aromatic heterocycles. The molecule has 0 saturated heterocycles. The predicted molar refractivity (Wildman–Crippen MR) is 198 cm³/mol. The summed E-state index contributed by atoms with van der Waals surface area (Å²) in [6, 6.07) is 26.7. The van der Waals surface area contributed by atoms with Gasteiger partial charge in [-0.2, -0.15) is 0 Å². The third kappa shape index (κ3) is 6.91. The summed E-state index contributed by atoms with van der Waals surface area (Å²) in [6.07, 6.45) is 25.5. The molecule has 2 nitrogen and oxygen atoms in total. The van der Waals surface area contributed by atoms with Gasteiger partial charge in [-0.05, 0) is 87.4 Å². The molecule has 0 saturated carbocycles. The fourth-order valence-corrected chi connectivity index (χ4v) is 6.58. The van der Waals surface area contributed by atoms with Crippen LogP contribution in [0.3, 0.4) is 0 Å². The number of para-hydroxylation sites is 2. The first-order chi connectivity index (χ1) is 22.2. The fraction of sp³-hybridized carbons (Fsp3) is 0.256. The van der Waals surface area contributed by atoms with Gasteiger partial charge in [-0.25, -0.2) is 0 Å². The van der Waals surface area contributed by atoms with Crippen LogP contribution in [0.15, 0.2) is 121 Å². The highest BCUT2D eigenvalue weighted by Crippen LogP contribution is 2.32. The molecule has 0 amide bonds. The van der Waals surface area contributed by atoms with Crippen molar-refractivity contribution in [2.24, 2.45) is 0 Å². The summed E-state index contributed by atoms with van der Waals surface area (Å²) >= 11 is 0. The first-order valence-corrected chi connectivity index (χ1v) is 16.8. The van der Waals surface area contributed by atoms with E-state index in [1.54, 1.807) is 0 Å². The van der Waals surface area contributed by atoms with Gasteiger partial charge in [0.25, 0.3) is 0 Å². The van der Waals surface area contributed by atoms with Crippen LogP contribution in [-0.4, -0.2) is 9.13 Å². The van der Waals surface area contributed by atoms with Gasteiger partial charge in [0.1, 0.15) is 0 Å². The minimum absolute atomic E-state index is 0.923. The van der Waals surface area contributed by atoms with E-state index in [2.05, 4.69) is 157 Å². The number of hydrogen-bond acceptors (Lipinski definition) is 0. The van der Waals surface area contributed by atoms with Crippen LogP contribution in [0, 0.1) is 6.92 Å². The quantitative estimate of drug-likeness (QED) is 0.113. The minimum atomic E-state index is 0.923. The van der Waals surface area contributed by atoms with Crippen molar-refractivity contribution in [3.8, 4) is 5.69 Å². The zero-order valence-electron chi connectivity index (χ0n) is 27.8. The lowest BCUT2D eigenvalue weighted by Gasteiger charge is -2.12. The molecule has 230 valence electrons. The molecule has 1 aliphatic carbocycles. The standard InChI is InChI=1S/C41H42N2.C2H6/c1-4-6-7-21-38-31(3)35-18-8-13-24-41(35)43(38)34-27-25-33(26-28-34)30-32(16-5-2)17-14-15-29-42-39-22-11-9-19-36(39)37-20-10-12-23-40(37)42;1-2/h4,6-11,13-16,18-22,24-28H,5,12,17,23,29-30H2,1-3H3;1-2H3/b6-4-,15-14-,21-7-,32-16+;. The Morgan fingerprint density at radius 2 is 1.58 bits per heavy atom. The first-order valence-electron chi connectivity index (χ1n) is 16.8. The SMILES string of the molecule is C/C=C\C=C/c1c(C)c2ccccc2n1-c1ccc(C/C(=C/CC)C/C=C\Cn2c3c(c4ccccc42)C=CCC3)cc1.CC. The molecule has 0 fully saturated rings. The molecule has 6 rings (SSSR count). The Morgan fingerprint density at radius 3 is 2.33 bits per heavy atom. The molecule has 45 heavy (non-hydrogen) atoms. The van der Waals surface area contributed by atoms with Gasteiger partial charge in [-0.1, -0.05) is 123 Å². The van der Waals surface area contributed by atoms with E-state index in [0.717, 1.165) is 38.6 Å². The van der Waals surface area contributed by atoms with Gasteiger partial charge in [0.15, 0.2) is 0 Å². The maximum atomic E-state index is 2.52. The summed E-state index contributed by atoms with van der Waals surface area (Å²) in [5.74, 6) is 0. The molecule has 5 aromatic rings. The Labute approximate surface area is 270 Å². The van der Waals surface area contributed by atoms with Crippen molar-refractivity contribution in [1.29, 1.82) is 0 Å². The second-order valence-electron chi connectivity index (χ2n) is 11.5. The van der Waals surface area contributed by atoms with Crippen molar-refractivity contribution < 1.29 is 0 Å². The Morgan fingerprint density at radius 1 is 0.844 bits per heavy atom. The molecular formula is C43H48N2. The topological polar surface area (TPSA) is 9.86 Å². The molecular weight excluding hydrogens is 544 g/mol. The summed E-state index contributed by atoms with van der Waals surface area (Å²) in [6.45, 7) is 11.4. The van der Waals surface area contributed by atoms with Crippen molar-refractivity contribution in [3.05, 3.63) is 149 Å². The molecule has 0 spiro atoms. The minimum Gasteiger partial charge on any atom is -0.340 e. The van der Waals surface area contributed by atoms with E-state index in [1.165, 1.54) is 61.1 Å². The van der Waals surface area contributed by atoms with Gasteiger partial charge in [0.2, 0.25) is 0 Å². The van der Waals surface area contributed by atoms with E-state index in [0.29, 0.717) is 0 Å². The van der Waals surface area contributed by atoms with E-state index in [9.17, 15) is 0 Å². The normalized spacial score (nSPS) is 13.4. The van der Waals surface area contributed by atoms with Crippen molar-refractivity contribution in [2.75, 3.05) is 0 Å². The van der Waals surface area contributed by atoms with E-state index >= 15 is 0 Å². The van der Waals surface area contributed by atoms with Gasteiger partial charge in [0.05, 0.1) is 5.52 Å². The maximum absolute atomic E-state index is 2.52. The van der Waals surface area contributed by atoms with Crippen molar-refractivity contribution >= 4 is 34.0 Å². The highest BCUT2D eigenvalue weighted by Gasteiger charge is 2.16. The van der Waals surface area contributed by atoms with Crippen molar-refractivity contribution in [3.63, 3.8) is 0 Å². The molecule has 0 aliphatic heterocycles. The zero-order valence-corrected chi connectivity index (χ0v) is 27.8. The van der Waals surface area contributed by atoms with Gasteiger partial charge in [0, 0.05) is 45.5 Å². The number of allylic oxidation sites excluding steroid dienone is 8. The monoisotopic (exact) mass is 592 g/mol. The fourth-order valence-electron chi connectivity index (χ4n) is 6.58. The molecule has 0 N–H and O–H groups in total. The molecule has 1 aliphatic rings. The number of aromatic nitrogens is 2. The summed E-state index contributed by atoms with van der Waals surface area (Å²) in [7, 11) is 0. The lowest BCUT2D eigenvalue weighted by Crippen LogP contribution is -2.03. The van der Waals surface area contributed by atoms with Crippen molar-refractivity contribution in [2.45, 2.75) is 73.3 Å². The largest absolute Gasteiger partial charge is 0.340 e. The average molecular weight is 593 g/mol.